The lowest BCUT2D eigenvalue weighted by atomic mass is 9.93. The first-order chi connectivity index (χ1) is 12.3. The lowest BCUT2D eigenvalue weighted by molar-refractivity contribution is -0.141. The van der Waals surface area contributed by atoms with Crippen LogP contribution in [-0.2, 0) is 15.7 Å². The predicted octanol–water partition coefficient (Wildman–Crippen LogP) is 2.29. The number of ether oxygens (including phenoxy) is 1. The number of fused-ring (bicyclic) bond motifs is 1. The number of likely N-dealkylation sites (tertiary alicyclic amines) is 1. The summed E-state index contributed by atoms with van der Waals surface area (Å²) in [5.74, 6) is -0.323. The van der Waals surface area contributed by atoms with Gasteiger partial charge in [-0.2, -0.15) is 13.2 Å². The molecule has 0 unspecified atom stereocenters. The van der Waals surface area contributed by atoms with Gasteiger partial charge in [0.1, 0.15) is 12.3 Å². The van der Waals surface area contributed by atoms with Gasteiger partial charge < -0.3 is 14.6 Å². The molecule has 1 N–H and O–H groups in total. The van der Waals surface area contributed by atoms with Crippen molar-refractivity contribution in [3.63, 3.8) is 0 Å². The molecule has 1 saturated heterocycles. The van der Waals surface area contributed by atoms with Gasteiger partial charge in [-0.1, -0.05) is 0 Å². The fourth-order valence-electron chi connectivity index (χ4n) is 3.21. The van der Waals surface area contributed by atoms with Crippen molar-refractivity contribution >= 4 is 16.8 Å². The number of aromatic amines is 1. The second-order valence-corrected chi connectivity index (χ2v) is 6.29. The van der Waals surface area contributed by atoms with Crippen LogP contribution in [0.3, 0.4) is 0 Å². The molecular formula is C17H18F3N3O3. The van der Waals surface area contributed by atoms with E-state index in [1.807, 2.05) is 0 Å². The van der Waals surface area contributed by atoms with Gasteiger partial charge in [-0.25, -0.2) is 4.98 Å². The first-order valence-electron chi connectivity index (χ1n) is 8.17. The Labute approximate surface area is 147 Å². The molecule has 0 aliphatic carbocycles. The molecule has 26 heavy (non-hydrogen) atoms. The predicted molar refractivity (Wildman–Crippen MR) is 87.8 cm³/mol. The molecule has 0 saturated carbocycles. The maximum absolute atomic E-state index is 12.9. The van der Waals surface area contributed by atoms with E-state index >= 15 is 0 Å². The van der Waals surface area contributed by atoms with Crippen LogP contribution in [0, 0.1) is 0 Å². The molecule has 0 aromatic carbocycles. The summed E-state index contributed by atoms with van der Waals surface area (Å²) < 4.78 is 43.5. The van der Waals surface area contributed by atoms with Gasteiger partial charge in [0.2, 0.25) is 5.91 Å². The SMILES string of the molecule is COCC(=O)N1CCC[C@H](c2cc3nc(C(F)(F)F)ccc3c(=O)[nH]2)C1. The number of hydrogen-bond acceptors (Lipinski definition) is 4. The largest absolute Gasteiger partial charge is 0.433 e. The first-order valence-corrected chi connectivity index (χ1v) is 8.17. The van der Waals surface area contributed by atoms with Crippen molar-refractivity contribution in [3.05, 3.63) is 39.9 Å². The highest BCUT2D eigenvalue weighted by atomic mass is 19.4. The number of carbonyl (C=O) groups excluding carboxylic acids is 1. The third kappa shape index (κ3) is 3.72. The summed E-state index contributed by atoms with van der Waals surface area (Å²) in [6.45, 7) is 0.938. The minimum Gasteiger partial charge on any atom is -0.375 e. The minimum atomic E-state index is -4.58. The van der Waals surface area contributed by atoms with Gasteiger partial charge >= 0.3 is 6.18 Å². The van der Waals surface area contributed by atoms with Crippen LogP contribution in [-0.4, -0.2) is 47.6 Å². The molecule has 1 aliphatic rings. The van der Waals surface area contributed by atoms with Gasteiger partial charge in [-0.15, -0.1) is 0 Å². The Kier molecular flexibility index (Phi) is 4.99. The van der Waals surface area contributed by atoms with Crippen LogP contribution < -0.4 is 5.56 Å². The number of nitrogens with one attached hydrogen (secondary N) is 1. The van der Waals surface area contributed by atoms with Crippen LogP contribution in [0.2, 0.25) is 0 Å². The average Bonchev–Trinajstić information content (AvgIpc) is 2.60. The molecule has 1 amide bonds. The van der Waals surface area contributed by atoms with E-state index in [2.05, 4.69) is 9.97 Å². The highest BCUT2D eigenvalue weighted by molar-refractivity contribution is 5.79. The standard InChI is InChI=1S/C17H18F3N3O3/c1-26-9-15(24)23-6-2-3-10(8-23)12-7-13-11(16(25)22-12)4-5-14(21-13)17(18,19)20/h4-5,7,10H,2-3,6,8-9H2,1H3,(H,22,25)/t10-/m0/s1. The van der Waals surface area contributed by atoms with E-state index in [9.17, 15) is 22.8 Å². The molecule has 2 aromatic rings. The molecule has 3 heterocycles. The van der Waals surface area contributed by atoms with Gasteiger partial charge in [-0.3, -0.25) is 9.59 Å². The first kappa shape index (κ1) is 18.4. The fraction of sp³-hybridized carbons (Fsp3) is 0.471. The van der Waals surface area contributed by atoms with Crippen LogP contribution in [0.15, 0.2) is 23.0 Å². The van der Waals surface area contributed by atoms with E-state index in [0.717, 1.165) is 25.0 Å². The Hall–Kier alpha value is -2.42. The Morgan fingerprint density at radius 2 is 2.19 bits per heavy atom. The van der Waals surface area contributed by atoms with Gasteiger partial charge in [0, 0.05) is 31.8 Å². The Balaban J connectivity index is 1.94. The Morgan fingerprint density at radius 3 is 2.88 bits per heavy atom. The van der Waals surface area contributed by atoms with E-state index in [4.69, 9.17) is 4.74 Å². The lowest BCUT2D eigenvalue weighted by Crippen LogP contribution is -2.41. The average molecular weight is 369 g/mol. The van der Waals surface area contributed by atoms with Crippen LogP contribution >= 0.6 is 0 Å². The third-order valence-corrected chi connectivity index (χ3v) is 4.49. The summed E-state index contributed by atoms with van der Waals surface area (Å²) in [4.78, 5) is 32.2. The maximum atomic E-state index is 12.9. The summed E-state index contributed by atoms with van der Waals surface area (Å²) >= 11 is 0. The molecular weight excluding hydrogens is 351 g/mol. The minimum absolute atomic E-state index is 0.00100. The fourth-order valence-corrected chi connectivity index (χ4v) is 3.21. The van der Waals surface area contributed by atoms with Crippen molar-refractivity contribution in [2.24, 2.45) is 0 Å². The third-order valence-electron chi connectivity index (χ3n) is 4.49. The van der Waals surface area contributed by atoms with Crippen LogP contribution in [0.5, 0.6) is 0 Å². The maximum Gasteiger partial charge on any atom is 0.433 e. The van der Waals surface area contributed by atoms with Crippen LogP contribution in [0.4, 0.5) is 13.2 Å². The van der Waals surface area contributed by atoms with E-state index in [-0.39, 0.29) is 29.3 Å². The molecule has 1 aliphatic heterocycles. The van der Waals surface area contributed by atoms with Crippen LogP contribution in [0.25, 0.3) is 10.9 Å². The molecule has 6 nitrogen and oxygen atoms in total. The zero-order chi connectivity index (χ0) is 18.9. The number of methoxy groups -OCH3 is 1. The molecule has 0 bridgehead atoms. The van der Waals surface area contributed by atoms with Gasteiger partial charge in [0.25, 0.3) is 5.56 Å². The Morgan fingerprint density at radius 1 is 1.42 bits per heavy atom. The highest BCUT2D eigenvalue weighted by Crippen LogP contribution is 2.30. The highest BCUT2D eigenvalue weighted by Gasteiger charge is 2.33. The number of halogens is 3. The number of alkyl halides is 3. The van der Waals surface area contributed by atoms with Gasteiger partial charge in [-0.05, 0) is 31.0 Å². The van der Waals surface area contributed by atoms with Crippen molar-refractivity contribution in [1.29, 1.82) is 0 Å². The molecule has 2 aromatic heterocycles. The summed E-state index contributed by atoms with van der Waals surface area (Å²) in [6, 6.07) is 3.40. The second kappa shape index (κ2) is 7.06. The van der Waals surface area contributed by atoms with E-state index in [1.54, 1.807) is 4.90 Å². The number of aromatic nitrogens is 2. The number of rotatable bonds is 3. The molecule has 9 heteroatoms. The molecule has 3 rings (SSSR count). The van der Waals surface area contributed by atoms with Crippen molar-refractivity contribution < 1.29 is 22.7 Å². The molecule has 1 fully saturated rings. The summed E-state index contributed by atoms with van der Waals surface area (Å²) in [5, 5.41) is 0.102. The van der Waals surface area contributed by atoms with Crippen molar-refractivity contribution in [1.82, 2.24) is 14.9 Å². The topological polar surface area (TPSA) is 75.3 Å². The summed E-state index contributed by atoms with van der Waals surface area (Å²) in [5.41, 5.74) is -1.04. The van der Waals surface area contributed by atoms with Crippen molar-refractivity contribution in [2.75, 3.05) is 26.8 Å². The molecule has 140 valence electrons. The van der Waals surface area contributed by atoms with Gasteiger partial charge in [0.15, 0.2) is 0 Å². The number of hydrogen-bond donors (Lipinski definition) is 1. The molecule has 1 atom stereocenters. The number of pyridine rings is 2. The second-order valence-electron chi connectivity index (χ2n) is 6.29. The monoisotopic (exact) mass is 369 g/mol. The van der Waals surface area contributed by atoms with E-state index in [1.165, 1.54) is 13.2 Å². The zero-order valence-corrected chi connectivity index (χ0v) is 14.1. The zero-order valence-electron chi connectivity index (χ0n) is 14.1. The number of carbonyl (C=O) groups is 1. The lowest BCUT2D eigenvalue weighted by Gasteiger charge is -2.32. The number of H-pyrrole nitrogens is 1. The number of piperidine rings is 1. The van der Waals surface area contributed by atoms with Crippen LogP contribution in [0.1, 0.15) is 30.1 Å². The Bertz CT molecular complexity index is 879. The number of nitrogens with zero attached hydrogens (tertiary/aromatic N) is 2. The smallest absolute Gasteiger partial charge is 0.375 e. The van der Waals surface area contributed by atoms with Gasteiger partial charge in [0.05, 0.1) is 10.9 Å². The summed E-state index contributed by atoms with van der Waals surface area (Å²) in [7, 11) is 1.43. The normalized spacial score (nSPS) is 18.3. The molecule has 0 spiro atoms. The summed E-state index contributed by atoms with van der Waals surface area (Å²) in [6.07, 6.45) is -3.13. The molecule has 0 radical (unpaired) electrons. The van der Waals surface area contributed by atoms with Crippen molar-refractivity contribution in [3.8, 4) is 0 Å². The van der Waals surface area contributed by atoms with E-state index < -0.39 is 17.4 Å². The van der Waals surface area contributed by atoms with Crippen molar-refractivity contribution in [2.45, 2.75) is 24.9 Å². The number of amides is 1. The van der Waals surface area contributed by atoms with E-state index in [0.29, 0.717) is 18.8 Å². The quantitative estimate of drug-likeness (QED) is 0.901.